The van der Waals surface area contributed by atoms with Gasteiger partial charge in [0.2, 0.25) is 11.8 Å². The van der Waals surface area contributed by atoms with Crippen LogP contribution in [0.4, 0.5) is 0 Å². The smallest absolute Gasteiger partial charge is 0.242 e. The zero-order chi connectivity index (χ0) is 18.1. The molecule has 1 aromatic carbocycles. The number of carbonyl (C=O) groups excluding carboxylic acids is 2. The van der Waals surface area contributed by atoms with Crippen LogP contribution in [0.25, 0.3) is 0 Å². The number of primary amides is 1. The summed E-state index contributed by atoms with van der Waals surface area (Å²) >= 11 is 0. The molecule has 3 rings (SSSR count). The van der Waals surface area contributed by atoms with Gasteiger partial charge in [0.1, 0.15) is 11.9 Å². The Labute approximate surface area is 146 Å². The molecule has 0 saturated carbocycles. The third-order valence-corrected chi connectivity index (χ3v) is 4.61. The van der Waals surface area contributed by atoms with Crippen LogP contribution in [0.3, 0.4) is 0 Å². The molecule has 0 radical (unpaired) electrons. The number of aryl methyl sites for hydroxylation is 4. The Bertz CT molecular complexity index is 807. The van der Waals surface area contributed by atoms with E-state index in [0.717, 1.165) is 11.4 Å². The lowest BCUT2D eigenvalue weighted by Crippen LogP contribution is -2.53. The van der Waals surface area contributed by atoms with Gasteiger partial charge in [-0.05, 0) is 32.8 Å². The second-order valence-corrected chi connectivity index (χ2v) is 6.71. The highest BCUT2D eigenvalue weighted by Crippen LogP contribution is 2.20. The van der Waals surface area contributed by atoms with Gasteiger partial charge >= 0.3 is 0 Å². The first-order valence-electron chi connectivity index (χ1n) is 8.40. The van der Waals surface area contributed by atoms with Crippen molar-refractivity contribution in [1.29, 1.82) is 0 Å². The molecule has 7 nitrogen and oxygen atoms in total. The van der Waals surface area contributed by atoms with Gasteiger partial charge < -0.3 is 15.2 Å². The molecule has 7 heteroatoms. The SMILES string of the molecule is Cc1cc(C)cc(CCC(=O)N2Cc3nnc(C)n3CC2C(N)=O)c1. The molecule has 1 aromatic heterocycles. The van der Waals surface area contributed by atoms with Gasteiger partial charge in [0, 0.05) is 6.42 Å². The van der Waals surface area contributed by atoms with Gasteiger partial charge in [0.05, 0.1) is 13.1 Å². The van der Waals surface area contributed by atoms with E-state index in [2.05, 4.69) is 28.4 Å². The molecule has 1 aliphatic heterocycles. The van der Waals surface area contributed by atoms with Gasteiger partial charge in [-0.2, -0.15) is 0 Å². The standard InChI is InChI=1S/C18H23N5O2/c1-11-6-12(2)8-14(7-11)4-5-17(24)23-10-16-21-20-13(3)22(16)9-15(23)18(19)25/h6-8,15H,4-5,9-10H2,1-3H3,(H2,19,25). The van der Waals surface area contributed by atoms with Crippen molar-refractivity contribution < 1.29 is 9.59 Å². The predicted molar refractivity (Wildman–Crippen MR) is 92.5 cm³/mol. The van der Waals surface area contributed by atoms with Crippen LogP contribution in [-0.2, 0) is 29.1 Å². The molecule has 0 spiro atoms. The van der Waals surface area contributed by atoms with Gasteiger partial charge in [-0.15, -0.1) is 10.2 Å². The van der Waals surface area contributed by atoms with Crippen LogP contribution in [0.2, 0.25) is 0 Å². The van der Waals surface area contributed by atoms with Crippen LogP contribution in [-0.4, -0.2) is 37.5 Å². The Hall–Kier alpha value is -2.70. The number of fused-ring (bicyclic) bond motifs is 1. The molecule has 0 fully saturated rings. The Morgan fingerprint density at radius 2 is 1.84 bits per heavy atom. The van der Waals surface area contributed by atoms with Gasteiger partial charge in [-0.1, -0.05) is 29.3 Å². The zero-order valence-electron chi connectivity index (χ0n) is 14.8. The number of nitrogens with two attached hydrogens (primary N) is 1. The average Bonchev–Trinajstić information content (AvgIpc) is 2.91. The Balaban J connectivity index is 1.74. The number of hydrogen-bond donors (Lipinski definition) is 1. The van der Waals surface area contributed by atoms with Gasteiger partial charge in [0.25, 0.3) is 0 Å². The van der Waals surface area contributed by atoms with Crippen molar-refractivity contribution in [2.45, 2.75) is 52.7 Å². The first-order chi connectivity index (χ1) is 11.8. The predicted octanol–water partition coefficient (Wildman–Crippen LogP) is 1.03. The van der Waals surface area contributed by atoms with E-state index >= 15 is 0 Å². The van der Waals surface area contributed by atoms with Crippen molar-refractivity contribution in [1.82, 2.24) is 19.7 Å². The molecule has 1 unspecified atom stereocenters. The lowest BCUT2D eigenvalue weighted by Gasteiger charge is -2.34. The summed E-state index contributed by atoms with van der Waals surface area (Å²) in [5.41, 5.74) is 9.01. The third kappa shape index (κ3) is 3.55. The molecule has 0 bridgehead atoms. The van der Waals surface area contributed by atoms with E-state index in [1.807, 2.05) is 25.3 Å². The van der Waals surface area contributed by atoms with Crippen molar-refractivity contribution in [3.63, 3.8) is 0 Å². The van der Waals surface area contributed by atoms with Crippen LogP contribution in [0, 0.1) is 20.8 Å². The summed E-state index contributed by atoms with van der Waals surface area (Å²) in [5.74, 6) is 0.826. The van der Waals surface area contributed by atoms with E-state index in [9.17, 15) is 9.59 Å². The highest BCUT2D eigenvalue weighted by atomic mass is 16.2. The van der Waals surface area contributed by atoms with Gasteiger partial charge in [-0.3, -0.25) is 9.59 Å². The monoisotopic (exact) mass is 341 g/mol. The number of rotatable bonds is 4. The fraction of sp³-hybridized carbons (Fsp3) is 0.444. The largest absolute Gasteiger partial charge is 0.368 e. The van der Waals surface area contributed by atoms with E-state index in [0.29, 0.717) is 25.2 Å². The van der Waals surface area contributed by atoms with E-state index < -0.39 is 11.9 Å². The second kappa shape index (κ2) is 6.66. The molecule has 132 valence electrons. The van der Waals surface area contributed by atoms with Crippen LogP contribution in [0.5, 0.6) is 0 Å². The third-order valence-electron chi connectivity index (χ3n) is 4.61. The highest BCUT2D eigenvalue weighted by Gasteiger charge is 2.34. The fourth-order valence-electron chi connectivity index (χ4n) is 3.43. The van der Waals surface area contributed by atoms with Crippen molar-refractivity contribution in [2.75, 3.05) is 0 Å². The number of hydrogen-bond acceptors (Lipinski definition) is 4. The molecule has 1 aliphatic rings. The van der Waals surface area contributed by atoms with Crippen LogP contribution in [0.1, 0.15) is 34.8 Å². The molecule has 0 saturated heterocycles. The van der Waals surface area contributed by atoms with E-state index in [-0.39, 0.29) is 12.5 Å². The highest BCUT2D eigenvalue weighted by molar-refractivity contribution is 5.86. The molecule has 25 heavy (non-hydrogen) atoms. The maximum absolute atomic E-state index is 12.7. The van der Waals surface area contributed by atoms with E-state index in [1.165, 1.54) is 16.0 Å². The number of aromatic nitrogens is 3. The maximum Gasteiger partial charge on any atom is 0.242 e. The molecular formula is C18H23N5O2. The Morgan fingerprint density at radius 3 is 2.48 bits per heavy atom. The summed E-state index contributed by atoms with van der Waals surface area (Å²) < 4.78 is 1.85. The minimum absolute atomic E-state index is 0.0881. The Morgan fingerprint density at radius 1 is 1.16 bits per heavy atom. The summed E-state index contributed by atoms with van der Waals surface area (Å²) in [6, 6.07) is 5.62. The summed E-state index contributed by atoms with van der Waals surface area (Å²) in [5, 5.41) is 8.11. The van der Waals surface area contributed by atoms with Crippen molar-refractivity contribution in [3.8, 4) is 0 Å². The number of nitrogens with zero attached hydrogens (tertiary/aromatic N) is 4. The van der Waals surface area contributed by atoms with Crippen molar-refractivity contribution >= 4 is 11.8 Å². The first-order valence-corrected chi connectivity index (χ1v) is 8.40. The fourth-order valence-corrected chi connectivity index (χ4v) is 3.43. The summed E-state index contributed by atoms with van der Waals surface area (Å²) in [7, 11) is 0. The minimum Gasteiger partial charge on any atom is -0.368 e. The Kier molecular flexibility index (Phi) is 4.57. The topological polar surface area (TPSA) is 94.1 Å². The van der Waals surface area contributed by atoms with Crippen LogP contribution >= 0.6 is 0 Å². The first kappa shape index (κ1) is 17.1. The van der Waals surface area contributed by atoms with Crippen LogP contribution in [0.15, 0.2) is 18.2 Å². The normalized spacial score (nSPS) is 16.6. The minimum atomic E-state index is -0.658. The molecular weight excluding hydrogens is 318 g/mol. The summed E-state index contributed by atoms with van der Waals surface area (Å²) in [4.78, 5) is 26.1. The number of amides is 2. The van der Waals surface area contributed by atoms with Crippen LogP contribution < -0.4 is 5.73 Å². The molecule has 1 atom stereocenters. The van der Waals surface area contributed by atoms with E-state index in [4.69, 9.17) is 5.73 Å². The van der Waals surface area contributed by atoms with Gasteiger partial charge in [-0.25, -0.2) is 0 Å². The molecule has 2 N–H and O–H groups in total. The summed E-state index contributed by atoms with van der Waals surface area (Å²) in [6.45, 7) is 6.49. The molecule has 2 aromatic rings. The van der Waals surface area contributed by atoms with Crippen molar-refractivity contribution in [2.24, 2.45) is 5.73 Å². The van der Waals surface area contributed by atoms with Crippen molar-refractivity contribution in [3.05, 3.63) is 46.5 Å². The molecule has 0 aliphatic carbocycles. The lowest BCUT2D eigenvalue weighted by atomic mass is 10.0. The number of carbonyl (C=O) groups is 2. The lowest BCUT2D eigenvalue weighted by molar-refractivity contribution is -0.141. The summed E-state index contributed by atoms with van der Waals surface area (Å²) in [6.07, 6.45) is 0.967. The maximum atomic E-state index is 12.7. The van der Waals surface area contributed by atoms with E-state index in [1.54, 1.807) is 0 Å². The number of benzene rings is 1. The quantitative estimate of drug-likeness (QED) is 0.899. The molecule has 2 heterocycles. The zero-order valence-corrected chi connectivity index (χ0v) is 14.8. The molecule has 2 amide bonds. The van der Waals surface area contributed by atoms with Gasteiger partial charge in [0.15, 0.2) is 5.82 Å². The second-order valence-electron chi connectivity index (χ2n) is 6.71. The average molecular weight is 341 g/mol.